The number of nitrogens with zero attached hydrogens (tertiary/aromatic N) is 2. The van der Waals surface area contributed by atoms with Crippen LogP contribution in [0.2, 0.25) is 0 Å². The first kappa shape index (κ1) is 18.7. The minimum absolute atomic E-state index is 0.0664. The summed E-state index contributed by atoms with van der Waals surface area (Å²) in [7, 11) is 0. The average Bonchev–Trinajstić information content (AvgIpc) is 2.71. The molecule has 2 aromatic rings. The molecule has 1 N–H and O–H groups in total. The van der Waals surface area contributed by atoms with Crippen LogP contribution >= 0.6 is 0 Å². The molecule has 0 spiro atoms. The van der Waals surface area contributed by atoms with E-state index in [2.05, 4.69) is 0 Å². The largest absolute Gasteiger partial charge is 0.336 e. The first-order valence-electron chi connectivity index (χ1n) is 8.87. The summed E-state index contributed by atoms with van der Waals surface area (Å²) in [5.74, 6) is -0.617. The number of rotatable bonds is 3. The molecule has 1 saturated heterocycles. The van der Waals surface area contributed by atoms with Crippen LogP contribution in [0.1, 0.15) is 42.2 Å². The number of carbonyl (C=O) groups is 3. The van der Waals surface area contributed by atoms with Gasteiger partial charge < -0.3 is 9.45 Å². The number of ketones is 2. The fourth-order valence-electron chi connectivity index (χ4n) is 3.65. The highest BCUT2D eigenvalue weighted by Gasteiger charge is 2.31. The minimum Gasteiger partial charge on any atom is -0.336 e. The molecule has 1 aliphatic carbocycles. The number of fused-ring (bicyclic) bond motifs is 2. The van der Waals surface area contributed by atoms with Crippen LogP contribution in [0, 0.1) is 0 Å². The van der Waals surface area contributed by atoms with E-state index in [0.29, 0.717) is 48.4 Å². The van der Waals surface area contributed by atoms with Gasteiger partial charge in [0.1, 0.15) is 5.88 Å². The normalized spacial score (nSPS) is 17.8. The highest BCUT2D eigenvalue weighted by atomic mass is 32.2. The summed E-state index contributed by atoms with van der Waals surface area (Å²) in [4.78, 5) is 41.8. The van der Waals surface area contributed by atoms with Gasteiger partial charge in [0.2, 0.25) is 0 Å². The maximum atomic E-state index is 12.8. The molecule has 8 heteroatoms. The maximum Gasteiger partial charge on any atom is 0.253 e. The standard InChI is InChI=1S/C20H18N2O5S/c23-18-14-3-1-2-4-15(14)19(24)17-11-13(5-6-16(17)18)20(25)22-9-7-21(8-10-22)12-28(26)27/h1-6,11H,7-10,12H2,(H,26,27). The lowest BCUT2D eigenvalue weighted by molar-refractivity contribution is 0.0656. The quantitative estimate of drug-likeness (QED) is 0.670. The van der Waals surface area contributed by atoms with Crippen molar-refractivity contribution in [1.82, 2.24) is 9.80 Å². The molecule has 0 aromatic heterocycles. The molecule has 0 saturated carbocycles. The molecule has 0 radical (unpaired) electrons. The molecule has 1 amide bonds. The van der Waals surface area contributed by atoms with Gasteiger partial charge in [-0.3, -0.25) is 19.3 Å². The maximum absolute atomic E-state index is 12.8. The molecule has 28 heavy (non-hydrogen) atoms. The average molecular weight is 398 g/mol. The number of benzene rings is 2. The molecule has 1 atom stereocenters. The van der Waals surface area contributed by atoms with E-state index in [0.717, 1.165) is 0 Å². The Bertz CT molecular complexity index is 1010. The zero-order chi connectivity index (χ0) is 19.8. The van der Waals surface area contributed by atoms with Gasteiger partial charge in [-0.15, -0.1) is 0 Å². The van der Waals surface area contributed by atoms with Gasteiger partial charge in [-0.25, -0.2) is 4.21 Å². The smallest absolute Gasteiger partial charge is 0.253 e. The van der Waals surface area contributed by atoms with Crippen molar-refractivity contribution in [3.8, 4) is 0 Å². The lowest BCUT2D eigenvalue weighted by Gasteiger charge is -2.34. The van der Waals surface area contributed by atoms with Crippen LogP contribution in [0.4, 0.5) is 0 Å². The highest BCUT2D eigenvalue weighted by Crippen LogP contribution is 2.28. The van der Waals surface area contributed by atoms with Crippen LogP contribution in [0.25, 0.3) is 0 Å². The van der Waals surface area contributed by atoms with Crippen molar-refractivity contribution in [2.24, 2.45) is 0 Å². The molecule has 1 aliphatic heterocycles. The van der Waals surface area contributed by atoms with Gasteiger partial charge in [-0.2, -0.15) is 0 Å². The third-order valence-electron chi connectivity index (χ3n) is 5.12. The van der Waals surface area contributed by atoms with E-state index in [1.807, 2.05) is 4.90 Å². The molecule has 144 valence electrons. The fourth-order valence-corrected chi connectivity index (χ4v) is 4.22. The molecule has 1 heterocycles. The molecule has 7 nitrogen and oxygen atoms in total. The zero-order valence-electron chi connectivity index (χ0n) is 15.0. The second-order valence-corrected chi connectivity index (χ2v) is 7.73. The van der Waals surface area contributed by atoms with Crippen LogP contribution in [0.15, 0.2) is 42.5 Å². The third-order valence-corrected chi connectivity index (χ3v) is 5.71. The third kappa shape index (κ3) is 3.30. The number of amides is 1. The summed E-state index contributed by atoms with van der Waals surface area (Å²) in [6, 6.07) is 11.3. The Balaban J connectivity index is 1.56. The van der Waals surface area contributed by atoms with Crippen molar-refractivity contribution in [1.29, 1.82) is 0 Å². The van der Waals surface area contributed by atoms with E-state index in [-0.39, 0.29) is 28.9 Å². The second kappa shape index (κ2) is 7.38. The molecule has 2 aliphatic rings. The second-order valence-electron chi connectivity index (χ2n) is 6.83. The van der Waals surface area contributed by atoms with Gasteiger partial charge in [0.05, 0.1) is 0 Å². The summed E-state index contributed by atoms with van der Waals surface area (Å²) in [6.45, 7) is 1.88. The zero-order valence-corrected chi connectivity index (χ0v) is 15.8. The van der Waals surface area contributed by atoms with E-state index < -0.39 is 11.1 Å². The topological polar surface area (TPSA) is 95.0 Å². The summed E-state index contributed by atoms with van der Waals surface area (Å²) >= 11 is -1.90. The van der Waals surface area contributed by atoms with Gasteiger partial charge in [0, 0.05) is 54.0 Å². The summed E-state index contributed by atoms with van der Waals surface area (Å²) < 4.78 is 19.9. The fraction of sp³-hybridized carbons (Fsp3) is 0.250. The van der Waals surface area contributed by atoms with E-state index in [1.165, 1.54) is 6.07 Å². The van der Waals surface area contributed by atoms with Crippen LogP contribution in [-0.2, 0) is 11.1 Å². The Hall–Kier alpha value is -2.68. The van der Waals surface area contributed by atoms with Gasteiger partial charge in [-0.1, -0.05) is 24.3 Å². The summed E-state index contributed by atoms with van der Waals surface area (Å²) in [5, 5.41) is 0. The predicted octanol–water partition coefficient (Wildman–Crippen LogP) is 1.40. The van der Waals surface area contributed by atoms with Crippen molar-refractivity contribution in [2.45, 2.75) is 0 Å². The van der Waals surface area contributed by atoms with Crippen molar-refractivity contribution in [3.05, 3.63) is 70.3 Å². The Morgan fingerprint density at radius 3 is 2.07 bits per heavy atom. The van der Waals surface area contributed by atoms with Gasteiger partial charge in [0.15, 0.2) is 22.6 Å². The first-order valence-corrected chi connectivity index (χ1v) is 10.1. The number of carbonyl (C=O) groups excluding carboxylic acids is 3. The van der Waals surface area contributed by atoms with E-state index in [1.54, 1.807) is 41.3 Å². The SMILES string of the molecule is O=C1c2ccccc2C(=O)c2cc(C(=O)N3CCN(CS(=O)O)CC3)ccc21. The van der Waals surface area contributed by atoms with E-state index >= 15 is 0 Å². The van der Waals surface area contributed by atoms with Gasteiger partial charge >= 0.3 is 0 Å². The van der Waals surface area contributed by atoms with Crippen molar-refractivity contribution >= 4 is 28.6 Å². The summed E-state index contributed by atoms with van der Waals surface area (Å²) in [6.07, 6.45) is 0. The highest BCUT2D eigenvalue weighted by molar-refractivity contribution is 7.79. The van der Waals surface area contributed by atoms with Crippen molar-refractivity contribution < 1.29 is 23.1 Å². The lowest BCUT2D eigenvalue weighted by Crippen LogP contribution is -2.49. The van der Waals surface area contributed by atoms with Crippen LogP contribution in [-0.4, -0.2) is 68.1 Å². The van der Waals surface area contributed by atoms with Gasteiger partial charge in [0.25, 0.3) is 5.91 Å². The number of hydrogen-bond donors (Lipinski definition) is 1. The Labute approximate surface area is 164 Å². The number of piperazine rings is 1. The van der Waals surface area contributed by atoms with Crippen molar-refractivity contribution in [2.75, 3.05) is 32.1 Å². The molecule has 2 aromatic carbocycles. The van der Waals surface area contributed by atoms with E-state index in [9.17, 15) is 18.6 Å². The minimum atomic E-state index is -1.90. The molecule has 0 bridgehead atoms. The van der Waals surface area contributed by atoms with Crippen LogP contribution in [0.3, 0.4) is 0 Å². The predicted molar refractivity (Wildman–Crippen MR) is 103 cm³/mol. The van der Waals surface area contributed by atoms with Crippen LogP contribution in [0.5, 0.6) is 0 Å². The molecule has 1 fully saturated rings. The van der Waals surface area contributed by atoms with E-state index in [4.69, 9.17) is 4.55 Å². The monoisotopic (exact) mass is 398 g/mol. The van der Waals surface area contributed by atoms with Crippen LogP contribution < -0.4 is 0 Å². The Kier molecular flexibility index (Phi) is 4.92. The van der Waals surface area contributed by atoms with Crippen molar-refractivity contribution in [3.63, 3.8) is 0 Å². The Morgan fingerprint density at radius 1 is 0.893 bits per heavy atom. The first-order chi connectivity index (χ1) is 13.5. The molecule has 1 unspecified atom stereocenters. The summed E-state index contributed by atoms with van der Waals surface area (Å²) in [5.41, 5.74) is 1.67. The Morgan fingerprint density at radius 2 is 1.46 bits per heavy atom. The van der Waals surface area contributed by atoms with Gasteiger partial charge in [-0.05, 0) is 18.2 Å². The molecular formula is C20H18N2O5S. The number of hydrogen-bond acceptors (Lipinski definition) is 5. The molecular weight excluding hydrogens is 380 g/mol. The molecule has 4 rings (SSSR count). The lowest BCUT2D eigenvalue weighted by atomic mass is 9.83.